The van der Waals surface area contributed by atoms with E-state index in [9.17, 15) is 9.18 Å². The molecule has 2 aromatic heterocycles. The number of carbonyl (C=O) groups excluding carboxylic acids is 1. The molecule has 1 fully saturated rings. The van der Waals surface area contributed by atoms with Gasteiger partial charge in [-0.05, 0) is 68.1 Å². The van der Waals surface area contributed by atoms with E-state index in [1.807, 2.05) is 31.2 Å². The number of rotatable bonds is 4. The molecule has 1 atom stereocenters. The number of fused-ring (bicyclic) bond motifs is 1. The van der Waals surface area contributed by atoms with Crippen LogP contribution < -0.4 is 10.2 Å². The van der Waals surface area contributed by atoms with Crippen molar-refractivity contribution in [2.45, 2.75) is 25.8 Å². The minimum atomic E-state index is -0.311. The van der Waals surface area contributed by atoms with Crippen molar-refractivity contribution >= 4 is 33.8 Å². The summed E-state index contributed by atoms with van der Waals surface area (Å²) in [5, 5.41) is 14.8. The molecule has 0 spiro atoms. The summed E-state index contributed by atoms with van der Waals surface area (Å²) in [5.41, 5.74) is 1.50. The number of nitrogens with zero attached hydrogens (tertiary/aromatic N) is 4. The second kappa shape index (κ2) is 8.72. The van der Waals surface area contributed by atoms with Crippen LogP contribution in [0.15, 0.2) is 54.7 Å². The second-order valence-corrected chi connectivity index (χ2v) is 9.06. The van der Waals surface area contributed by atoms with E-state index in [2.05, 4.69) is 20.5 Å². The zero-order valence-electron chi connectivity index (χ0n) is 17.6. The fourth-order valence-corrected chi connectivity index (χ4v) is 4.82. The van der Waals surface area contributed by atoms with Gasteiger partial charge in [-0.1, -0.05) is 23.5 Å². The third kappa shape index (κ3) is 3.99. The van der Waals surface area contributed by atoms with Crippen molar-refractivity contribution in [1.82, 2.24) is 20.5 Å². The molecule has 1 unspecified atom stereocenters. The van der Waals surface area contributed by atoms with Gasteiger partial charge in [0.1, 0.15) is 21.7 Å². The quantitative estimate of drug-likeness (QED) is 0.495. The van der Waals surface area contributed by atoms with Gasteiger partial charge in [0, 0.05) is 29.3 Å². The molecule has 1 aliphatic heterocycles. The molecule has 6 nitrogen and oxygen atoms in total. The van der Waals surface area contributed by atoms with Gasteiger partial charge >= 0.3 is 0 Å². The first-order chi connectivity index (χ1) is 15.6. The number of amides is 1. The van der Waals surface area contributed by atoms with E-state index >= 15 is 0 Å². The highest BCUT2D eigenvalue weighted by atomic mass is 32.1. The molecular formula is C24H22FN5OS. The number of benzene rings is 2. The number of carbonyl (C=O) groups is 1. The van der Waals surface area contributed by atoms with E-state index in [1.54, 1.807) is 23.2 Å². The van der Waals surface area contributed by atoms with E-state index in [0.29, 0.717) is 17.9 Å². The number of anilines is 1. The van der Waals surface area contributed by atoms with Crippen LogP contribution in [0.4, 0.5) is 10.2 Å². The Balaban J connectivity index is 1.55. The Morgan fingerprint density at radius 3 is 2.72 bits per heavy atom. The Kier molecular flexibility index (Phi) is 5.63. The van der Waals surface area contributed by atoms with Crippen LogP contribution in [0.2, 0.25) is 0 Å². The van der Waals surface area contributed by atoms with Gasteiger partial charge in [-0.25, -0.2) is 9.37 Å². The smallest absolute Gasteiger partial charge is 0.259 e. The maximum atomic E-state index is 13.8. The summed E-state index contributed by atoms with van der Waals surface area (Å²) >= 11 is 1.52. The lowest BCUT2D eigenvalue weighted by molar-refractivity contribution is 0.0972. The minimum Gasteiger partial charge on any atom is -0.315 e. The van der Waals surface area contributed by atoms with Crippen LogP contribution in [-0.2, 0) is 0 Å². The highest BCUT2D eigenvalue weighted by molar-refractivity contribution is 7.14. The molecule has 0 radical (unpaired) electrons. The number of aromatic nitrogens is 3. The van der Waals surface area contributed by atoms with Crippen LogP contribution in [0.25, 0.3) is 21.3 Å². The molecule has 162 valence electrons. The van der Waals surface area contributed by atoms with Crippen molar-refractivity contribution in [3.63, 3.8) is 0 Å². The van der Waals surface area contributed by atoms with Crippen LogP contribution in [0.3, 0.4) is 0 Å². The zero-order valence-corrected chi connectivity index (χ0v) is 18.4. The molecule has 0 saturated carbocycles. The molecule has 1 saturated heterocycles. The summed E-state index contributed by atoms with van der Waals surface area (Å²) in [6.07, 6.45) is 3.48. The number of hydrogen-bond donors (Lipinski definition) is 1. The normalized spacial score (nSPS) is 16.2. The third-order valence-electron chi connectivity index (χ3n) is 5.69. The first-order valence-corrected chi connectivity index (χ1v) is 11.4. The number of aryl methyl sites for hydroxylation is 1. The van der Waals surface area contributed by atoms with Gasteiger partial charge in [-0.3, -0.25) is 9.69 Å². The summed E-state index contributed by atoms with van der Waals surface area (Å²) in [5.74, 6) is 0.127. The summed E-state index contributed by atoms with van der Waals surface area (Å²) in [6, 6.07) is 13.8. The number of piperidine rings is 1. The molecule has 1 aliphatic rings. The number of nitrogens with one attached hydrogen (secondary N) is 1. The highest BCUT2D eigenvalue weighted by Gasteiger charge is 2.30. The molecule has 1 amide bonds. The van der Waals surface area contributed by atoms with E-state index in [0.717, 1.165) is 45.7 Å². The van der Waals surface area contributed by atoms with Crippen LogP contribution in [-0.4, -0.2) is 40.2 Å². The maximum absolute atomic E-state index is 13.8. The molecular weight excluding hydrogens is 425 g/mol. The Hall–Kier alpha value is -3.23. The Labute approximate surface area is 189 Å². The van der Waals surface area contributed by atoms with Crippen LogP contribution in [0.1, 0.15) is 28.2 Å². The van der Waals surface area contributed by atoms with Crippen molar-refractivity contribution in [1.29, 1.82) is 0 Å². The maximum Gasteiger partial charge on any atom is 0.259 e. The molecule has 0 aliphatic carbocycles. The Morgan fingerprint density at radius 2 is 2.00 bits per heavy atom. The lowest BCUT2D eigenvalue weighted by atomic mass is 10.0. The minimum absolute atomic E-state index is 0.0371. The first kappa shape index (κ1) is 20.7. The highest BCUT2D eigenvalue weighted by Crippen LogP contribution is 2.30. The van der Waals surface area contributed by atoms with Crippen molar-refractivity contribution in [2.24, 2.45) is 0 Å². The van der Waals surface area contributed by atoms with Gasteiger partial charge < -0.3 is 5.32 Å². The van der Waals surface area contributed by atoms with Gasteiger partial charge in [0.25, 0.3) is 5.91 Å². The van der Waals surface area contributed by atoms with Gasteiger partial charge in [0.05, 0.1) is 6.04 Å². The predicted molar refractivity (Wildman–Crippen MR) is 124 cm³/mol. The zero-order chi connectivity index (χ0) is 22.1. The van der Waals surface area contributed by atoms with Gasteiger partial charge in [0.2, 0.25) is 0 Å². The summed E-state index contributed by atoms with van der Waals surface area (Å²) < 4.78 is 13.8. The average Bonchev–Trinajstić information content (AvgIpc) is 3.26. The fraction of sp³-hybridized carbons (Fsp3) is 0.250. The number of pyridine rings is 1. The van der Waals surface area contributed by atoms with E-state index < -0.39 is 0 Å². The lowest BCUT2D eigenvalue weighted by Gasteiger charge is -2.34. The largest absolute Gasteiger partial charge is 0.315 e. The molecule has 0 bridgehead atoms. The summed E-state index contributed by atoms with van der Waals surface area (Å²) in [7, 11) is 0. The molecule has 2 aromatic carbocycles. The van der Waals surface area contributed by atoms with Crippen molar-refractivity contribution in [2.75, 3.05) is 18.0 Å². The molecule has 3 heterocycles. The summed E-state index contributed by atoms with van der Waals surface area (Å²) in [4.78, 5) is 20.1. The van der Waals surface area contributed by atoms with E-state index in [4.69, 9.17) is 0 Å². The first-order valence-electron chi connectivity index (χ1n) is 10.6. The third-order valence-corrected chi connectivity index (χ3v) is 6.58. The number of hydrogen-bond acceptors (Lipinski definition) is 6. The lowest BCUT2D eigenvalue weighted by Crippen LogP contribution is -2.49. The predicted octanol–water partition coefficient (Wildman–Crippen LogP) is 4.60. The molecule has 5 rings (SSSR count). The van der Waals surface area contributed by atoms with Crippen molar-refractivity contribution in [3.05, 3.63) is 71.1 Å². The van der Waals surface area contributed by atoms with E-state index in [1.165, 1.54) is 23.5 Å². The standard InChI is InChI=1S/C24H22FN5OS/c1-15-28-29-23(32-15)16-4-6-17(7-5-16)24(31)30(20-3-2-11-26-14-20)22-21-9-8-19(25)13-18(21)10-12-27-22/h4-10,12-13,20,26H,2-3,11,14H2,1H3. The topological polar surface area (TPSA) is 71.0 Å². The molecule has 4 aromatic rings. The Bertz CT molecular complexity index is 1270. The van der Waals surface area contributed by atoms with Crippen LogP contribution in [0.5, 0.6) is 0 Å². The van der Waals surface area contributed by atoms with Crippen LogP contribution >= 0.6 is 11.3 Å². The Morgan fingerprint density at radius 1 is 1.16 bits per heavy atom. The monoisotopic (exact) mass is 447 g/mol. The van der Waals surface area contributed by atoms with E-state index in [-0.39, 0.29) is 17.8 Å². The number of halogens is 1. The van der Waals surface area contributed by atoms with Crippen molar-refractivity contribution < 1.29 is 9.18 Å². The summed E-state index contributed by atoms with van der Waals surface area (Å²) in [6.45, 7) is 3.54. The second-order valence-electron chi connectivity index (χ2n) is 7.88. The molecule has 1 N–H and O–H groups in total. The van der Waals surface area contributed by atoms with Crippen LogP contribution in [0, 0.1) is 12.7 Å². The SMILES string of the molecule is Cc1nnc(-c2ccc(C(=O)N(c3nccc4cc(F)ccc34)C3CCCNC3)cc2)s1. The average molecular weight is 448 g/mol. The molecule has 32 heavy (non-hydrogen) atoms. The van der Waals surface area contributed by atoms with Gasteiger partial charge in [-0.2, -0.15) is 0 Å². The van der Waals surface area contributed by atoms with Crippen molar-refractivity contribution in [3.8, 4) is 10.6 Å². The molecule has 8 heteroatoms. The van der Waals surface area contributed by atoms with Gasteiger partial charge in [-0.15, -0.1) is 10.2 Å². The van der Waals surface area contributed by atoms with Gasteiger partial charge in [0.15, 0.2) is 0 Å². The fourth-order valence-electron chi connectivity index (χ4n) is 4.12.